The molecule has 1 aromatic carbocycles. The van der Waals surface area contributed by atoms with Crippen LogP contribution < -0.4 is 10.5 Å². The Bertz CT molecular complexity index is 612. The number of carboxylic acid groups (broad SMARTS) is 1. The van der Waals surface area contributed by atoms with E-state index in [9.17, 15) is 4.79 Å². The van der Waals surface area contributed by atoms with E-state index in [1.54, 1.807) is 19.2 Å². The summed E-state index contributed by atoms with van der Waals surface area (Å²) in [5, 5.41) is 9.66. The molecule has 18 heavy (non-hydrogen) atoms. The fourth-order valence-corrected chi connectivity index (χ4v) is 2.77. The summed E-state index contributed by atoms with van der Waals surface area (Å²) in [5.74, 6) is -0.427. The van der Waals surface area contributed by atoms with Crippen molar-refractivity contribution in [1.29, 1.82) is 0 Å². The van der Waals surface area contributed by atoms with E-state index >= 15 is 0 Å². The molecule has 0 aliphatic carbocycles. The average molecular weight is 329 g/mol. The fourth-order valence-electron chi connectivity index (χ4n) is 1.41. The zero-order valence-corrected chi connectivity index (χ0v) is 11.7. The van der Waals surface area contributed by atoms with Crippen molar-refractivity contribution in [2.24, 2.45) is 0 Å². The molecule has 0 saturated heterocycles. The first kappa shape index (κ1) is 12.8. The largest absolute Gasteiger partial charge is 0.496 e. The molecule has 0 unspecified atom stereocenters. The summed E-state index contributed by atoms with van der Waals surface area (Å²) in [5.41, 5.74) is 6.29. The van der Waals surface area contributed by atoms with Crippen LogP contribution in [0.1, 0.15) is 10.5 Å². The Balaban J connectivity index is 2.46. The maximum atomic E-state index is 10.9. The third-order valence-corrected chi connectivity index (χ3v) is 3.81. The molecule has 0 saturated carbocycles. The van der Waals surface area contributed by atoms with Gasteiger partial charge in [-0.05, 0) is 34.1 Å². The van der Waals surface area contributed by atoms with Crippen LogP contribution in [0.2, 0.25) is 0 Å². The number of hydrogen-bond donors (Lipinski definition) is 2. The summed E-state index contributed by atoms with van der Waals surface area (Å²) in [6, 6.07) is 5.38. The monoisotopic (exact) mass is 328 g/mol. The van der Waals surface area contributed by atoms with E-state index in [4.69, 9.17) is 15.6 Å². The van der Waals surface area contributed by atoms with Gasteiger partial charge in [-0.2, -0.15) is 0 Å². The number of thiazole rings is 1. The maximum absolute atomic E-state index is 10.9. The van der Waals surface area contributed by atoms with Gasteiger partial charge in [0, 0.05) is 5.56 Å². The number of anilines is 1. The Hall–Kier alpha value is -1.60. The van der Waals surface area contributed by atoms with Gasteiger partial charge in [-0.15, -0.1) is 0 Å². The first-order valence-corrected chi connectivity index (χ1v) is 6.47. The van der Waals surface area contributed by atoms with Crippen molar-refractivity contribution in [3.63, 3.8) is 0 Å². The number of carboxylic acids is 1. The maximum Gasteiger partial charge on any atom is 0.357 e. The summed E-state index contributed by atoms with van der Waals surface area (Å²) >= 11 is 4.51. The molecule has 0 radical (unpaired) electrons. The van der Waals surface area contributed by atoms with Crippen molar-refractivity contribution >= 4 is 38.2 Å². The number of benzene rings is 1. The predicted octanol–water partition coefficient (Wildman–Crippen LogP) is 2.86. The Morgan fingerprint density at radius 1 is 1.56 bits per heavy atom. The van der Waals surface area contributed by atoms with Gasteiger partial charge in [0.25, 0.3) is 0 Å². The van der Waals surface area contributed by atoms with Crippen LogP contribution in [0.15, 0.2) is 22.7 Å². The van der Waals surface area contributed by atoms with Gasteiger partial charge < -0.3 is 15.6 Å². The quantitative estimate of drug-likeness (QED) is 0.904. The third-order valence-electron chi connectivity index (χ3n) is 2.25. The van der Waals surface area contributed by atoms with E-state index in [0.717, 1.165) is 21.4 Å². The number of nitrogens with zero attached hydrogens (tertiary/aromatic N) is 1. The predicted molar refractivity (Wildman–Crippen MR) is 73.2 cm³/mol. The summed E-state index contributed by atoms with van der Waals surface area (Å²) < 4.78 is 5.89. The van der Waals surface area contributed by atoms with E-state index < -0.39 is 5.97 Å². The van der Waals surface area contributed by atoms with Crippen LogP contribution in [0.25, 0.3) is 10.6 Å². The van der Waals surface area contributed by atoms with Crippen molar-refractivity contribution in [3.8, 4) is 16.3 Å². The lowest BCUT2D eigenvalue weighted by Crippen LogP contribution is -2.00. The number of halogens is 1. The molecule has 2 aromatic rings. The topological polar surface area (TPSA) is 85.4 Å². The number of hydrogen-bond acceptors (Lipinski definition) is 5. The molecular formula is C11H9BrN2O3S. The summed E-state index contributed by atoms with van der Waals surface area (Å²) in [6.45, 7) is 0. The molecule has 1 heterocycles. The number of carbonyl (C=O) groups is 1. The normalized spacial score (nSPS) is 10.3. The van der Waals surface area contributed by atoms with Gasteiger partial charge in [0.2, 0.25) is 0 Å². The molecule has 0 amide bonds. The molecule has 0 aliphatic heterocycles. The van der Waals surface area contributed by atoms with E-state index in [2.05, 4.69) is 20.9 Å². The van der Waals surface area contributed by atoms with Crippen molar-refractivity contribution in [2.75, 3.05) is 12.8 Å². The lowest BCUT2D eigenvalue weighted by Gasteiger charge is -2.03. The Kier molecular flexibility index (Phi) is 3.53. The van der Waals surface area contributed by atoms with Gasteiger partial charge in [0.1, 0.15) is 15.8 Å². The highest BCUT2D eigenvalue weighted by atomic mass is 79.9. The molecule has 1 aromatic heterocycles. The minimum absolute atomic E-state index is 0.109. The standard InChI is InChI=1S/C11H9BrN2O3S/c1-17-7-3-2-5(4-6(7)12)10-14-8(11(15)16)9(13)18-10/h2-4H,13H2,1H3,(H,15,16). The van der Waals surface area contributed by atoms with Gasteiger partial charge in [-0.25, -0.2) is 9.78 Å². The van der Waals surface area contributed by atoms with Crippen LogP contribution in [0.5, 0.6) is 5.75 Å². The Morgan fingerprint density at radius 2 is 2.28 bits per heavy atom. The first-order chi connectivity index (χ1) is 8.52. The molecule has 0 atom stereocenters. The zero-order valence-electron chi connectivity index (χ0n) is 9.31. The van der Waals surface area contributed by atoms with Crippen LogP contribution in [-0.4, -0.2) is 23.2 Å². The van der Waals surface area contributed by atoms with Crippen LogP contribution in [0.4, 0.5) is 5.00 Å². The second-order valence-corrected chi connectivity index (χ2v) is 5.27. The minimum Gasteiger partial charge on any atom is -0.496 e. The molecule has 5 nitrogen and oxygen atoms in total. The number of nitrogens with two attached hydrogens (primary N) is 1. The second kappa shape index (κ2) is 4.95. The number of aromatic nitrogens is 1. The SMILES string of the molecule is COc1ccc(-c2nc(C(=O)O)c(N)s2)cc1Br. The van der Waals surface area contributed by atoms with Gasteiger partial charge in [0.15, 0.2) is 5.69 Å². The van der Waals surface area contributed by atoms with E-state index in [1.807, 2.05) is 6.07 Å². The molecule has 7 heteroatoms. The van der Waals surface area contributed by atoms with Crippen molar-refractivity contribution in [2.45, 2.75) is 0 Å². The van der Waals surface area contributed by atoms with Crippen LogP contribution in [0, 0.1) is 0 Å². The van der Waals surface area contributed by atoms with Gasteiger partial charge in [0.05, 0.1) is 11.6 Å². The van der Waals surface area contributed by atoms with Crippen molar-refractivity contribution in [3.05, 3.63) is 28.4 Å². The van der Waals surface area contributed by atoms with Crippen molar-refractivity contribution < 1.29 is 14.6 Å². The molecule has 0 fully saturated rings. The molecule has 0 aliphatic rings. The Labute approximate surface area is 115 Å². The van der Waals surface area contributed by atoms with Gasteiger partial charge in [-0.1, -0.05) is 11.3 Å². The molecule has 0 bridgehead atoms. The van der Waals surface area contributed by atoms with Crippen molar-refractivity contribution in [1.82, 2.24) is 4.98 Å². The number of methoxy groups -OCH3 is 1. The molecule has 0 spiro atoms. The lowest BCUT2D eigenvalue weighted by atomic mass is 10.2. The van der Waals surface area contributed by atoms with E-state index in [1.165, 1.54) is 0 Å². The highest BCUT2D eigenvalue weighted by molar-refractivity contribution is 9.10. The molecule has 3 N–H and O–H groups in total. The van der Waals surface area contributed by atoms with Gasteiger partial charge >= 0.3 is 5.97 Å². The number of nitrogen functional groups attached to an aromatic ring is 1. The van der Waals surface area contributed by atoms with Crippen LogP contribution in [-0.2, 0) is 0 Å². The fraction of sp³-hybridized carbons (Fsp3) is 0.0909. The smallest absolute Gasteiger partial charge is 0.357 e. The summed E-state index contributed by atoms with van der Waals surface area (Å²) in [6.07, 6.45) is 0. The number of rotatable bonds is 3. The van der Waals surface area contributed by atoms with E-state index in [0.29, 0.717) is 10.8 Å². The van der Waals surface area contributed by atoms with Gasteiger partial charge in [-0.3, -0.25) is 0 Å². The lowest BCUT2D eigenvalue weighted by molar-refractivity contribution is 0.0692. The molecular weight excluding hydrogens is 320 g/mol. The second-order valence-electron chi connectivity index (χ2n) is 3.39. The van der Waals surface area contributed by atoms with Crippen LogP contribution >= 0.6 is 27.3 Å². The minimum atomic E-state index is -1.12. The molecule has 94 valence electrons. The van der Waals surface area contributed by atoms with Crippen LogP contribution in [0.3, 0.4) is 0 Å². The average Bonchev–Trinajstić information content (AvgIpc) is 2.71. The number of ether oxygens (including phenoxy) is 1. The highest BCUT2D eigenvalue weighted by Crippen LogP contribution is 2.34. The Morgan fingerprint density at radius 3 is 2.78 bits per heavy atom. The highest BCUT2D eigenvalue weighted by Gasteiger charge is 2.16. The zero-order chi connectivity index (χ0) is 13.3. The first-order valence-electron chi connectivity index (χ1n) is 4.86. The summed E-state index contributed by atoms with van der Waals surface area (Å²) in [4.78, 5) is 14.9. The third kappa shape index (κ3) is 2.32. The number of aromatic carboxylic acids is 1. The summed E-state index contributed by atoms with van der Waals surface area (Å²) in [7, 11) is 1.57. The van der Waals surface area contributed by atoms with E-state index in [-0.39, 0.29) is 10.7 Å². The molecule has 2 rings (SSSR count).